The molecule has 3 heterocycles. The molecule has 0 spiro atoms. The van der Waals surface area contributed by atoms with Crippen molar-refractivity contribution in [3.63, 3.8) is 0 Å². The van der Waals surface area contributed by atoms with Gasteiger partial charge in [-0.05, 0) is 49.4 Å². The predicted molar refractivity (Wildman–Crippen MR) is 100 cm³/mol. The molecule has 5 rings (SSSR count). The molecule has 0 bridgehead atoms. The molecule has 4 aromatic rings. The van der Waals surface area contributed by atoms with Gasteiger partial charge < -0.3 is 0 Å². The summed E-state index contributed by atoms with van der Waals surface area (Å²) in [5.74, 6) is -0.197. The fourth-order valence-corrected chi connectivity index (χ4v) is 4.31. The maximum atomic E-state index is 13.5. The molecule has 6 nitrogen and oxygen atoms in total. The largest absolute Gasteiger partial charge is 0.433 e. The molecule has 0 saturated carbocycles. The first-order valence-corrected chi connectivity index (χ1v) is 9.23. The van der Waals surface area contributed by atoms with Crippen molar-refractivity contribution < 1.29 is 18.0 Å². The molecule has 29 heavy (non-hydrogen) atoms. The number of hydrogen-bond acceptors (Lipinski definition) is 4. The van der Waals surface area contributed by atoms with E-state index in [0.717, 1.165) is 28.0 Å². The third-order valence-electron chi connectivity index (χ3n) is 5.73. The monoisotopic (exact) mass is 399 g/mol. The van der Waals surface area contributed by atoms with Crippen LogP contribution in [-0.4, -0.2) is 31.2 Å². The number of Topliss-reactive ketones (excluding diaryl/α,β-unsaturated/α-hetero) is 1. The molecular weight excluding hydrogens is 383 g/mol. The summed E-state index contributed by atoms with van der Waals surface area (Å²) in [7, 11) is 0. The van der Waals surface area contributed by atoms with Gasteiger partial charge in [-0.25, -0.2) is 4.98 Å². The number of aromatic amines is 2. The molecule has 2 N–H and O–H groups in total. The Bertz CT molecular complexity index is 1270. The van der Waals surface area contributed by atoms with E-state index in [4.69, 9.17) is 0 Å². The summed E-state index contributed by atoms with van der Waals surface area (Å²) in [5.41, 5.74) is 2.27. The van der Waals surface area contributed by atoms with Crippen molar-refractivity contribution in [2.24, 2.45) is 5.92 Å². The highest BCUT2D eigenvalue weighted by Crippen LogP contribution is 2.42. The van der Waals surface area contributed by atoms with Crippen LogP contribution in [0.2, 0.25) is 0 Å². The van der Waals surface area contributed by atoms with Crippen molar-refractivity contribution in [1.29, 1.82) is 0 Å². The minimum absolute atomic E-state index is 0.0338. The van der Waals surface area contributed by atoms with Crippen LogP contribution in [0.25, 0.3) is 33.1 Å². The Morgan fingerprint density at radius 2 is 1.93 bits per heavy atom. The lowest BCUT2D eigenvalue weighted by atomic mass is 9.78. The van der Waals surface area contributed by atoms with Gasteiger partial charge in [0.15, 0.2) is 0 Å². The fraction of sp³-hybridized carbons (Fsp3) is 0.300. The van der Waals surface area contributed by atoms with Gasteiger partial charge in [-0.3, -0.25) is 15.0 Å². The molecule has 0 amide bonds. The van der Waals surface area contributed by atoms with E-state index in [1.54, 1.807) is 12.3 Å². The van der Waals surface area contributed by atoms with E-state index in [2.05, 4.69) is 25.4 Å². The Kier molecular flexibility index (Phi) is 3.77. The van der Waals surface area contributed by atoms with Gasteiger partial charge in [-0.2, -0.15) is 23.4 Å². The Hall–Kier alpha value is -3.23. The first kappa shape index (κ1) is 17.8. The molecule has 1 atom stereocenters. The number of carbonyl (C=O) groups is 1. The fourth-order valence-electron chi connectivity index (χ4n) is 4.31. The molecule has 3 aromatic heterocycles. The molecule has 1 unspecified atom stereocenters. The smallest absolute Gasteiger partial charge is 0.300 e. The molecule has 1 aliphatic rings. The quantitative estimate of drug-likeness (QED) is 0.529. The summed E-state index contributed by atoms with van der Waals surface area (Å²) in [6, 6.07) is 3.60. The summed E-state index contributed by atoms with van der Waals surface area (Å²) < 4.78 is 40.6. The zero-order valence-electron chi connectivity index (χ0n) is 15.4. The molecule has 0 aliphatic heterocycles. The van der Waals surface area contributed by atoms with Crippen molar-refractivity contribution in [2.45, 2.75) is 32.4 Å². The highest BCUT2D eigenvalue weighted by Gasteiger charge is 2.38. The van der Waals surface area contributed by atoms with E-state index < -0.39 is 11.9 Å². The van der Waals surface area contributed by atoms with Crippen LogP contribution in [0.1, 0.15) is 30.2 Å². The second-order valence-corrected chi connectivity index (χ2v) is 7.42. The summed E-state index contributed by atoms with van der Waals surface area (Å²) >= 11 is 0. The summed E-state index contributed by atoms with van der Waals surface area (Å²) in [4.78, 5) is 16.6. The number of rotatable bonds is 2. The van der Waals surface area contributed by atoms with Gasteiger partial charge in [-0.1, -0.05) is 0 Å². The first-order valence-electron chi connectivity index (χ1n) is 9.23. The second-order valence-electron chi connectivity index (χ2n) is 7.42. The van der Waals surface area contributed by atoms with Gasteiger partial charge in [0.05, 0.1) is 34.7 Å². The number of benzene rings is 1. The van der Waals surface area contributed by atoms with Crippen LogP contribution in [0.5, 0.6) is 0 Å². The van der Waals surface area contributed by atoms with Crippen LogP contribution in [0.3, 0.4) is 0 Å². The molecule has 1 aliphatic carbocycles. The van der Waals surface area contributed by atoms with Gasteiger partial charge in [0.2, 0.25) is 0 Å². The topological polar surface area (TPSA) is 87.3 Å². The summed E-state index contributed by atoms with van der Waals surface area (Å²) in [5, 5.41) is 14.5. The van der Waals surface area contributed by atoms with Crippen LogP contribution in [-0.2, 0) is 23.8 Å². The number of hydrogen-bond donors (Lipinski definition) is 2. The number of carbonyl (C=O) groups excluding carboxylic acids is 1. The average molecular weight is 399 g/mol. The molecule has 9 heteroatoms. The third kappa shape index (κ3) is 2.72. The molecule has 0 radical (unpaired) electrons. The van der Waals surface area contributed by atoms with Crippen molar-refractivity contribution >= 4 is 27.6 Å². The number of pyridine rings is 1. The van der Waals surface area contributed by atoms with E-state index in [1.165, 1.54) is 6.92 Å². The van der Waals surface area contributed by atoms with Crippen molar-refractivity contribution in [2.75, 3.05) is 0 Å². The van der Waals surface area contributed by atoms with Gasteiger partial charge in [0.25, 0.3) is 0 Å². The lowest BCUT2D eigenvalue weighted by Crippen LogP contribution is -2.22. The second kappa shape index (κ2) is 6.13. The average Bonchev–Trinajstić information content (AvgIpc) is 3.35. The maximum absolute atomic E-state index is 13.5. The summed E-state index contributed by atoms with van der Waals surface area (Å²) in [6.07, 6.45) is -0.111. The molecule has 0 saturated heterocycles. The van der Waals surface area contributed by atoms with Crippen LogP contribution >= 0.6 is 0 Å². The Labute approximate surface area is 162 Å². The number of aryl methyl sites for hydroxylation is 1. The minimum Gasteiger partial charge on any atom is -0.300 e. The van der Waals surface area contributed by atoms with E-state index in [9.17, 15) is 18.0 Å². The number of alkyl halides is 3. The number of nitrogens with zero attached hydrogens (tertiary/aromatic N) is 3. The van der Waals surface area contributed by atoms with E-state index >= 15 is 0 Å². The van der Waals surface area contributed by atoms with Gasteiger partial charge >= 0.3 is 6.18 Å². The number of aromatic nitrogens is 5. The highest BCUT2D eigenvalue weighted by molar-refractivity contribution is 6.08. The normalized spacial score (nSPS) is 17.0. The molecule has 148 valence electrons. The van der Waals surface area contributed by atoms with Crippen LogP contribution in [0.4, 0.5) is 13.2 Å². The van der Waals surface area contributed by atoms with Crippen LogP contribution < -0.4 is 0 Å². The van der Waals surface area contributed by atoms with Crippen molar-refractivity contribution in [3.8, 4) is 11.3 Å². The minimum atomic E-state index is -4.58. The molecular formula is C20H16F3N5O. The number of ketones is 1. The lowest BCUT2D eigenvalue weighted by Gasteiger charge is -2.26. The predicted octanol–water partition coefficient (Wildman–Crippen LogP) is 4.21. The van der Waals surface area contributed by atoms with Crippen LogP contribution in [0.15, 0.2) is 24.5 Å². The van der Waals surface area contributed by atoms with Crippen molar-refractivity contribution in [1.82, 2.24) is 25.4 Å². The van der Waals surface area contributed by atoms with E-state index in [0.29, 0.717) is 30.3 Å². The SMILES string of the molecule is CC(=O)C1CCc2c(c(-c3cn[nH]c3C(F)(F)F)nc3ccc4[nH]ncc4c23)C1. The summed E-state index contributed by atoms with van der Waals surface area (Å²) in [6.45, 7) is 1.52. The zero-order chi connectivity index (χ0) is 20.3. The Morgan fingerprint density at radius 1 is 1.14 bits per heavy atom. The molecule has 1 aromatic carbocycles. The van der Waals surface area contributed by atoms with E-state index in [-0.39, 0.29) is 23.0 Å². The number of H-pyrrole nitrogens is 2. The maximum Gasteiger partial charge on any atom is 0.433 e. The lowest BCUT2D eigenvalue weighted by molar-refractivity contribution is -0.140. The van der Waals surface area contributed by atoms with E-state index in [1.807, 2.05) is 6.07 Å². The Morgan fingerprint density at radius 3 is 2.69 bits per heavy atom. The Balaban J connectivity index is 1.85. The first-order chi connectivity index (χ1) is 13.8. The molecule has 0 fully saturated rings. The highest BCUT2D eigenvalue weighted by atomic mass is 19.4. The number of fused-ring (bicyclic) bond motifs is 5. The third-order valence-corrected chi connectivity index (χ3v) is 5.73. The zero-order valence-corrected chi connectivity index (χ0v) is 15.4. The van der Waals surface area contributed by atoms with Crippen molar-refractivity contribution in [3.05, 3.63) is 41.3 Å². The van der Waals surface area contributed by atoms with Gasteiger partial charge in [0.1, 0.15) is 11.5 Å². The van der Waals surface area contributed by atoms with Crippen LogP contribution in [0, 0.1) is 5.92 Å². The standard InChI is InChI=1S/C20H16F3N5O/c1-9(29)10-2-3-11-12(6-10)18(14-8-25-28-19(14)20(21,22)23)26-16-5-4-15-13(17(11)16)7-24-27-15/h4-5,7-8,10H,2-3,6H2,1H3,(H,24,27)(H,25,28). The number of halogens is 3. The van der Waals surface area contributed by atoms with Gasteiger partial charge in [-0.15, -0.1) is 0 Å². The van der Waals surface area contributed by atoms with Gasteiger partial charge in [0, 0.05) is 16.7 Å². The number of nitrogens with one attached hydrogen (secondary N) is 2.